The monoisotopic (exact) mass is 554 g/mol. The van der Waals surface area contributed by atoms with Gasteiger partial charge in [-0.25, -0.2) is 9.97 Å². The molecule has 0 saturated heterocycles. The van der Waals surface area contributed by atoms with E-state index in [1.165, 1.54) is 22.4 Å². The molecule has 0 aromatic carbocycles. The number of nitrogens with zero attached hydrogens (tertiary/aromatic N) is 5. The molecule has 1 aliphatic heterocycles. The Hall–Kier alpha value is -4.39. The van der Waals surface area contributed by atoms with Crippen LogP contribution in [-0.2, 0) is 12.7 Å². The summed E-state index contributed by atoms with van der Waals surface area (Å²) in [6, 6.07) is 6.75. The first-order valence-corrected chi connectivity index (χ1v) is 12.5. The van der Waals surface area contributed by atoms with E-state index in [0.717, 1.165) is 35.4 Å². The lowest BCUT2D eigenvalue weighted by Gasteiger charge is -2.22. The molecule has 4 aromatic rings. The van der Waals surface area contributed by atoms with Gasteiger partial charge in [-0.2, -0.15) is 13.2 Å². The molecule has 13 heteroatoms. The second-order valence-electron chi connectivity index (χ2n) is 8.75. The fraction of sp³-hybridized carbons (Fsp3) is 0.231. The quantitative estimate of drug-likeness (QED) is 0.357. The number of alkyl halides is 3. The maximum Gasteiger partial charge on any atom is 0.433 e. The predicted octanol–water partition coefficient (Wildman–Crippen LogP) is 5.30. The van der Waals surface area contributed by atoms with Gasteiger partial charge in [-0.05, 0) is 55.3 Å². The topological polar surface area (TPSA) is 110 Å². The lowest BCUT2D eigenvalue weighted by Crippen LogP contribution is -2.29. The van der Waals surface area contributed by atoms with Crippen LogP contribution in [0.15, 0.2) is 48.9 Å². The molecule has 4 aromatic heterocycles. The molecule has 1 N–H and O–H groups in total. The summed E-state index contributed by atoms with van der Waals surface area (Å²) in [5.74, 6) is -1.33. The summed E-state index contributed by atoms with van der Waals surface area (Å²) in [6.45, 7) is 3.76. The number of anilines is 1. The smallest absolute Gasteiger partial charge is 0.433 e. The highest BCUT2D eigenvalue weighted by Gasteiger charge is 2.38. The first kappa shape index (κ1) is 26.2. The zero-order chi connectivity index (χ0) is 27.9. The average molecular weight is 555 g/mol. The SMILES string of the molecule is COc1nc(C(F)(F)F)ccc1C(=O)N1Cc2sc(NC(=O)c3cnc(C)cc3-c3ccncc3)nc2C1C. The van der Waals surface area contributed by atoms with E-state index in [0.29, 0.717) is 22.0 Å². The van der Waals surface area contributed by atoms with Gasteiger partial charge in [0.15, 0.2) is 5.13 Å². The number of nitrogens with one attached hydrogen (secondary N) is 1. The first-order valence-electron chi connectivity index (χ1n) is 11.7. The molecule has 5 rings (SSSR count). The number of carbonyl (C=O) groups is 2. The number of pyridine rings is 3. The number of hydrogen-bond donors (Lipinski definition) is 1. The summed E-state index contributed by atoms with van der Waals surface area (Å²) < 4.78 is 44.1. The lowest BCUT2D eigenvalue weighted by molar-refractivity contribution is -0.141. The molecule has 39 heavy (non-hydrogen) atoms. The molecule has 0 spiro atoms. The Morgan fingerprint density at radius 1 is 1.13 bits per heavy atom. The molecule has 2 amide bonds. The largest absolute Gasteiger partial charge is 0.480 e. The van der Waals surface area contributed by atoms with Crippen LogP contribution in [0.3, 0.4) is 0 Å². The van der Waals surface area contributed by atoms with E-state index in [4.69, 9.17) is 4.74 Å². The van der Waals surface area contributed by atoms with Gasteiger partial charge < -0.3 is 9.64 Å². The van der Waals surface area contributed by atoms with Crippen LogP contribution >= 0.6 is 11.3 Å². The molecule has 5 heterocycles. The van der Waals surface area contributed by atoms with Gasteiger partial charge in [-0.15, -0.1) is 0 Å². The van der Waals surface area contributed by atoms with Crippen molar-refractivity contribution in [2.75, 3.05) is 12.4 Å². The zero-order valence-electron chi connectivity index (χ0n) is 20.9. The van der Waals surface area contributed by atoms with Gasteiger partial charge in [0, 0.05) is 24.3 Å². The van der Waals surface area contributed by atoms with Crippen molar-refractivity contribution in [1.29, 1.82) is 0 Å². The van der Waals surface area contributed by atoms with Gasteiger partial charge in [0.25, 0.3) is 11.8 Å². The van der Waals surface area contributed by atoms with E-state index >= 15 is 0 Å². The Bertz CT molecular complexity index is 1580. The number of carbonyl (C=O) groups excluding carboxylic acids is 2. The molecule has 1 atom stereocenters. The molecule has 0 fully saturated rings. The summed E-state index contributed by atoms with van der Waals surface area (Å²) in [6.07, 6.45) is 0.125. The number of halogens is 3. The second kappa shape index (κ2) is 10.1. The predicted molar refractivity (Wildman–Crippen MR) is 136 cm³/mol. The van der Waals surface area contributed by atoms with E-state index in [1.54, 1.807) is 31.5 Å². The van der Waals surface area contributed by atoms with Crippen LogP contribution in [0.1, 0.15) is 55.6 Å². The molecule has 1 unspecified atom stereocenters. The molecule has 0 aliphatic carbocycles. The molecule has 0 bridgehead atoms. The number of methoxy groups -OCH3 is 1. The lowest BCUT2D eigenvalue weighted by atomic mass is 10.0. The van der Waals surface area contributed by atoms with Gasteiger partial charge in [0.05, 0.1) is 35.8 Å². The Morgan fingerprint density at radius 3 is 2.54 bits per heavy atom. The van der Waals surface area contributed by atoms with Gasteiger partial charge in [-0.1, -0.05) is 11.3 Å². The first-order chi connectivity index (χ1) is 18.6. The Balaban J connectivity index is 1.35. The number of amides is 2. The summed E-state index contributed by atoms with van der Waals surface area (Å²) in [7, 11) is 1.16. The highest BCUT2D eigenvalue weighted by atomic mass is 32.1. The number of fused-ring (bicyclic) bond motifs is 1. The van der Waals surface area contributed by atoms with E-state index in [-0.39, 0.29) is 18.0 Å². The number of aryl methyl sites for hydroxylation is 1. The van der Waals surface area contributed by atoms with E-state index in [9.17, 15) is 22.8 Å². The third kappa shape index (κ3) is 5.04. The third-order valence-corrected chi connectivity index (χ3v) is 7.21. The molecule has 1 aliphatic rings. The molecular weight excluding hydrogens is 533 g/mol. The number of thiazole rings is 1. The minimum Gasteiger partial charge on any atom is -0.480 e. The second-order valence-corrected chi connectivity index (χ2v) is 9.83. The molecular formula is C26H21F3N6O3S. The van der Waals surface area contributed by atoms with Crippen molar-refractivity contribution in [3.8, 4) is 17.0 Å². The van der Waals surface area contributed by atoms with Crippen LogP contribution in [0.4, 0.5) is 18.3 Å². The molecule has 0 radical (unpaired) electrons. The van der Waals surface area contributed by atoms with Gasteiger partial charge in [0.2, 0.25) is 5.88 Å². The Labute approximate surface area is 224 Å². The fourth-order valence-corrected chi connectivity index (χ4v) is 5.34. The fourth-order valence-electron chi connectivity index (χ4n) is 4.29. The highest BCUT2D eigenvalue weighted by molar-refractivity contribution is 7.16. The van der Waals surface area contributed by atoms with Crippen molar-refractivity contribution in [2.24, 2.45) is 0 Å². The Morgan fingerprint density at radius 2 is 1.87 bits per heavy atom. The van der Waals surface area contributed by atoms with Gasteiger partial charge in [0.1, 0.15) is 11.3 Å². The van der Waals surface area contributed by atoms with Crippen molar-refractivity contribution in [3.05, 3.63) is 82.0 Å². The number of aromatic nitrogens is 4. The van der Waals surface area contributed by atoms with E-state index < -0.39 is 29.7 Å². The Kier molecular flexibility index (Phi) is 6.76. The number of hydrogen-bond acceptors (Lipinski definition) is 8. The average Bonchev–Trinajstić information content (AvgIpc) is 3.45. The van der Waals surface area contributed by atoms with Gasteiger partial charge in [-0.3, -0.25) is 24.9 Å². The minimum atomic E-state index is -4.67. The van der Waals surface area contributed by atoms with Crippen LogP contribution in [0.5, 0.6) is 5.88 Å². The molecule has 200 valence electrons. The summed E-state index contributed by atoms with van der Waals surface area (Å²) in [5.41, 5.74) is 2.01. The van der Waals surface area contributed by atoms with Crippen LogP contribution in [-0.4, -0.2) is 43.8 Å². The summed E-state index contributed by atoms with van der Waals surface area (Å²) in [4.78, 5) is 44.9. The minimum absolute atomic E-state index is 0.0865. The summed E-state index contributed by atoms with van der Waals surface area (Å²) >= 11 is 1.22. The molecule has 9 nitrogen and oxygen atoms in total. The maximum atomic E-state index is 13.2. The van der Waals surface area contributed by atoms with Crippen molar-refractivity contribution in [1.82, 2.24) is 24.8 Å². The number of ether oxygens (including phenoxy) is 1. The molecule has 0 saturated carbocycles. The zero-order valence-corrected chi connectivity index (χ0v) is 21.7. The van der Waals surface area contributed by atoms with Crippen molar-refractivity contribution >= 4 is 28.3 Å². The van der Waals surface area contributed by atoms with Crippen LogP contribution in [0.25, 0.3) is 11.1 Å². The van der Waals surface area contributed by atoms with Crippen molar-refractivity contribution in [3.63, 3.8) is 0 Å². The van der Waals surface area contributed by atoms with Crippen molar-refractivity contribution < 1.29 is 27.5 Å². The number of rotatable bonds is 5. The van der Waals surface area contributed by atoms with Crippen LogP contribution in [0, 0.1) is 6.92 Å². The van der Waals surface area contributed by atoms with E-state index in [2.05, 4.69) is 25.3 Å². The van der Waals surface area contributed by atoms with E-state index in [1.807, 2.05) is 13.0 Å². The van der Waals surface area contributed by atoms with Crippen LogP contribution < -0.4 is 10.1 Å². The third-order valence-electron chi connectivity index (χ3n) is 6.24. The highest BCUT2D eigenvalue weighted by Crippen LogP contribution is 2.40. The van der Waals surface area contributed by atoms with Gasteiger partial charge >= 0.3 is 6.18 Å². The summed E-state index contributed by atoms with van der Waals surface area (Å²) in [5, 5.41) is 3.19. The maximum absolute atomic E-state index is 13.2. The van der Waals surface area contributed by atoms with Crippen molar-refractivity contribution in [2.45, 2.75) is 32.6 Å². The normalized spacial score (nSPS) is 14.7. The standard InChI is InChI=1S/C26H21F3N6O3S/c1-13-10-17(15-6-8-30-9-7-15)18(11-31-13)22(36)34-25-33-21-14(2)35(12-19(21)39-25)24(37)16-4-5-20(26(27,28)29)32-23(16)38-3/h4-11,14H,12H2,1-3H3,(H,33,34,36). The van der Waals surface area contributed by atoms with Crippen LogP contribution in [0.2, 0.25) is 0 Å².